The van der Waals surface area contributed by atoms with Gasteiger partial charge in [-0.15, -0.1) is 0 Å². The molecule has 2 unspecified atom stereocenters. The Morgan fingerprint density at radius 1 is 1.35 bits per heavy atom. The fraction of sp³-hybridized carbons (Fsp3) is 0.588. The first-order chi connectivity index (χ1) is 10.7. The molecule has 0 saturated heterocycles. The average molecular weight is 404 g/mol. The van der Waals surface area contributed by atoms with Crippen LogP contribution >= 0.6 is 27.5 Å². The van der Waals surface area contributed by atoms with Gasteiger partial charge < -0.3 is 15.4 Å². The van der Waals surface area contributed by atoms with Gasteiger partial charge in [-0.3, -0.25) is 0 Å². The normalized spacial score (nSPS) is 21.3. The highest BCUT2D eigenvalue weighted by molar-refractivity contribution is 9.10. The number of carbonyl (C=O) groups is 1. The van der Waals surface area contributed by atoms with Gasteiger partial charge in [-0.2, -0.15) is 0 Å². The Hall–Kier alpha value is -0.780. The average Bonchev–Trinajstić information content (AvgIpc) is 2.85. The Bertz CT molecular complexity index is 560. The molecule has 1 saturated carbocycles. The van der Waals surface area contributed by atoms with Gasteiger partial charge >= 0.3 is 6.09 Å². The molecule has 1 fully saturated rings. The summed E-state index contributed by atoms with van der Waals surface area (Å²) in [7, 11) is 0. The van der Waals surface area contributed by atoms with Gasteiger partial charge in [0, 0.05) is 28.1 Å². The fourth-order valence-electron chi connectivity index (χ4n) is 2.76. The third-order valence-corrected chi connectivity index (χ3v) is 4.64. The van der Waals surface area contributed by atoms with Crippen molar-refractivity contribution in [2.45, 2.75) is 64.3 Å². The quantitative estimate of drug-likeness (QED) is 0.770. The lowest BCUT2D eigenvalue weighted by Gasteiger charge is -2.25. The summed E-state index contributed by atoms with van der Waals surface area (Å²) >= 11 is 9.69. The van der Waals surface area contributed by atoms with Crippen molar-refractivity contribution >= 4 is 33.6 Å². The van der Waals surface area contributed by atoms with Crippen molar-refractivity contribution in [3.8, 4) is 0 Å². The molecule has 1 aliphatic rings. The van der Waals surface area contributed by atoms with E-state index in [0.29, 0.717) is 6.54 Å². The van der Waals surface area contributed by atoms with Gasteiger partial charge in [0.1, 0.15) is 5.60 Å². The zero-order valence-electron chi connectivity index (χ0n) is 13.8. The van der Waals surface area contributed by atoms with Crippen molar-refractivity contribution in [3.63, 3.8) is 0 Å². The Kier molecular flexibility index (Phi) is 6.34. The molecule has 0 aliphatic heterocycles. The molecule has 0 heterocycles. The second-order valence-corrected chi connectivity index (χ2v) is 8.23. The molecule has 23 heavy (non-hydrogen) atoms. The molecular weight excluding hydrogens is 380 g/mol. The predicted octanol–water partition coefficient (Wildman–Crippen LogP) is 4.64. The maximum Gasteiger partial charge on any atom is 0.407 e. The van der Waals surface area contributed by atoms with Crippen LogP contribution in [0, 0.1) is 0 Å². The van der Waals surface area contributed by atoms with Gasteiger partial charge in [-0.1, -0.05) is 27.5 Å². The second kappa shape index (κ2) is 7.86. The van der Waals surface area contributed by atoms with E-state index < -0.39 is 5.60 Å². The van der Waals surface area contributed by atoms with E-state index in [4.69, 9.17) is 16.3 Å². The summed E-state index contributed by atoms with van der Waals surface area (Å²) in [6.07, 6.45) is 2.73. The molecule has 2 atom stereocenters. The zero-order chi connectivity index (χ0) is 17.0. The highest BCUT2D eigenvalue weighted by atomic mass is 79.9. The SMILES string of the molecule is CC(C)(C)OC(=O)NC1CCCC1NCc1cc(Br)ccc1Cl. The number of hydrogen-bond donors (Lipinski definition) is 2. The summed E-state index contributed by atoms with van der Waals surface area (Å²) in [6, 6.07) is 6.15. The molecule has 1 aromatic carbocycles. The lowest BCUT2D eigenvalue weighted by molar-refractivity contribution is 0.0498. The topological polar surface area (TPSA) is 50.4 Å². The highest BCUT2D eigenvalue weighted by Crippen LogP contribution is 2.23. The maximum absolute atomic E-state index is 11.9. The third kappa shape index (κ3) is 5.98. The number of benzene rings is 1. The molecule has 0 spiro atoms. The number of rotatable bonds is 4. The monoisotopic (exact) mass is 402 g/mol. The largest absolute Gasteiger partial charge is 0.444 e. The minimum absolute atomic E-state index is 0.0933. The third-order valence-electron chi connectivity index (χ3n) is 3.78. The van der Waals surface area contributed by atoms with Crippen LogP contribution in [0.15, 0.2) is 22.7 Å². The smallest absolute Gasteiger partial charge is 0.407 e. The molecule has 1 aliphatic carbocycles. The number of amides is 1. The minimum Gasteiger partial charge on any atom is -0.444 e. The Morgan fingerprint density at radius 3 is 2.74 bits per heavy atom. The van der Waals surface area contributed by atoms with Gasteiger partial charge in [0.15, 0.2) is 0 Å². The van der Waals surface area contributed by atoms with Crippen LogP contribution in [0.1, 0.15) is 45.6 Å². The van der Waals surface area contributed by atoms with E-state index in [1.807, 2.05) is 39.0 Å². The zero-order valence-corrected chi connectivity index (χ0v) is 16.1. The maximum atomic E-state index is 11.9. The van der Waals surface area contributed by atoms with Crippen LogP contribution in [0.4, 0.5) is 4.79 Å². The number of halogens is 2. The molecule has 0 aromatic heterocycles. The summed E-state index contributed by atoms with van der Waals surface area (Å²) in [5, 5.41) is 7.24. The lowest BCUT2D eigenvalue weighted by atomic mass is 10.1. The highest BCUT2D eigenvalue weighted by Gasteiger charge is 2.29. The molecule has 0 bridgehead atoms. The Balaban J connectivity index is 1.89. The lowest BCUT2D eigenvalue weighted by Crippen LogP contribution is -2.47. The molecule has 2 N–H and O–H groups in total. The number of ether oxygens (including phenoxy) is 1. The van der Waals surface area contributed by atoms with E-state index in [0.717, 1.165) is 34.3 Å². The van der Waals surface area contributed by atoms with Crippen LogP contribution in [-0.4, -0.2) is 23.8 Å². The van der Waals surface area contributed by atoms with E-state index in [-0.39, 0.29) is 18.2 Å². The standard InChI is InChI=1S/C17H24BrClN2O2/c1-17(2,3)23-16(22)21-15-6-4-5-14(15)20-10-11-9-12(18)7-8-13(11)19/h7-9,14-15,20H,4-6,10H2,1-3H3,(H,21,22). The van der Waals surface area contributed by atoms with Crippen molar-refractivity contribution in [3.05, 3.63) is 33.3 Å². The van der Waals surface area contributed by atoms with Gasteiger partial charge in [-0.25, -0.2) is 4.79 Å². The summed E-state index contributed by atoms with van der Waals surface area (Å²) in [4.78, 5) is 11.9. The van der Waals surface area contributed by atoms with Crippen LogP contribution in [0.25, 0.3) is 0 Å². The van der Waals surface area contributed by atoms with Gasteiger partial charge in [0.2, 0.25) is 0 Å². The van der Waals surface area contributed by atoms with Crippen molar-refractivity contribution in [2.75, 3.05) is 0 Å². The summed E-state index contributed by atoms with van der Waals surface area (Å²) in [5.74, 6) is 0. The van der Waals surface area contributed by atoms with Crippen LogP contribution in [0.5, 0.6) is 0 Å². The number of carbonyl (C=O) groups excluding carboxylic acids is 1. The fourth-order valence-corrected chi connectivity index (χ4v) is 3.35. The Labute approximate surface area is 151 Å². The first-order valence-corrected chi connectivity index (χ1v) is 9.08. The first-order valence-electron chi connectivity index (χ1n) is 7.91. The number of nitrogens with one attached hydrogen (secondary N) is 2. The van der Waals surface area contributed by atoms with Crippen LogP contribution in [0.3, 0.4) is 0 Å². The molecule has 2 rings (SSSR count). The van der Waals surface area contributed by atoms with Crippen molar-refractivity contribution in [2.24, 2.45) is 0 Å². The molecule has 6 heteroatoms. The molecule has 0 radical (unpaired) electrons. The van der Waals surface area contributed by atoms with Crippen molar-refractivity contribution in [1.82, 2.24) is 10.6 Å². The number of alkyl carbamates (subject to hydrolysis) is 1. The molecule has 1 amide bonds. The molecule has 1 aromatic rings. The summed E-state index contributed by atoms with van der Waals surface area (Å²) in [5.41, 5.74) is 0.569. The van der Waals surface area contributed by atoms with Crippen LogP contribution in [-0.2, 0) is 11.3 Å². The second-order valence-electron chi connectivity index (χ2n) is 6.91. The molecule has 128 valence electrons. The van der Waals surface area contributed by atoms with E-state index in [1.54, 1.807) is 0 Å². The van der Waals surface area contributed by atoms with Gasteiger partial charge in [0.25, 0.3) is 0 Å². The summed E-state index contributed by atoms with van der Waals surface area (Å²) < 4.78 is 6.35. The summed E-state index contributed by atoms with van der Waals surface area (Å²) in [6.45, 7) is 6.28. The number of hydrogen-bond acceptors (Lipinski definition) is 3. The minimum atomic E-state index is -0.477. The van der Waals surface area contributed by atoms with Gasteiger partial charge in [0.05, 0.1) is 0 Å². The van der Waals surface area contributed by atoms with Crippen LogP contribution in [0.2, 0.25) is 5.02 Å². The predicted molar refractivity (Wildman–Crippen MR) is 96.8 cm³/mol. The van der Waals surface area contributed by atoms with E-state index >= 15 is 0 Å². The first kappa shape index (κ1) is 18.6. The van der Waals surface area contributed by atoms with Crippen molar-refractivity contribution < 1.29 is 9.53 Å². The van der Waals surface area contributed by atoms with Crippen LogP contribution < -0.4 is 10.6 Å². The van der Waals surface area contributed by atoms with E-state index in [9.17, 15) is 4.79 Å². The molecular formula is C17H24BrClN2O2. The van der Waals surface area contributed by atoms with Crippen molar-refractivity contribution in [1.29, 1.82) is 0 Å². The van der Waals surface area contributed by atoms with E-state index in [2.05, 4.69) is 26.6 Å². The van der Waals surface area contributed by atoms with Gasteiger partial charge in [-0.05, 0) is 63.8 Å². The molecule has 4 nitrogen and oxygen atoms in total. The van der Waals surface area contributed by atoms with E-state index in [1.165, 1.54) is 0 Å². The Morgan fingerprint density at radius 2 is 2.04 bits per heavy atom.